The number of carbonyl (C=O) groups is 3. The van der Waals surface area contributed by atoms with Gasteiger partial charge >= 0.3 is 13.8 Å². The monoisotopic (exact) mass is 527 g/mol. The Balaban J connectivity index is 2.18. The number of aliphatic carboxylic acids is 1. The number of amides is 2. The van der Waals surface area contributed by atoms with Gasteiger partial charge in [-0.15, -0.1) is 11.3 Å². The molecular formula is C22H30N3O8PS. The third kappa shape index (κ3) is 10.6. The molecule has 13 heteroatoms. The normalized spacial score (nSPS) is 13.2. The van der Waals surface area contributed by atoms with Crippen molar-refractivity contribution in [1.29, 1.82) is 0 Å². The van der Waals surface area contributed by atoms with Gasteiger partial charge in [0.15, 0.2) is 0 Å². The molecule has 11 nitrogen and oxygen atoms in total. The van der Waals surface area contributed by atoms with Crippen LogP contribution >= 0.6 is 19.2 Å². The second kappa shape index (κ2) is 12.8. The van der Waals surface area contributed by atoms with Crippen molar-refractivity contribution in [3.05, 3.63) is 45.9 Å². The average molecular weight is 528 g/mol. The number of hydrogen-bond donors (Lipinski definition) is 5. The zero-order valence-corrected chi connectivity index (χ0v) is 21.3. The highest BCUT2D eigenvalue weighted by Gasteiger charge is 2.26. The maximum Gasteiger partial charge on any atom is 0.524 e. The number of rotatable bonds is 13. The Hall–Kier alpha value is -2.79. The molecule has 192 valence electrons. The first-order valence-corrected chi connectivity index (χ1v) is 13.3. The zero-order valence-electron chi connectivity index (χ0n) is 19.6. The fourth-order valence-electron chi connectivity index (χ4n) is 3.31. The van der Waals surface area contributed by atoms with E-state index in [0.717, 1.165) is 12.1 Å². The topological polar surface area (TPSA) is 175 Å². The third-order valence-electron chi connectivity index (χ3n) is 4.73. The van der Waals surface area contributed by atoms with Gasteiger partial charge in [-0.1, -0.05) is 26.0 Å². The van der Waals surface area contributed by atoms with E-state index in [1.54, 1.807) is 0 Å². The second-order valence-corrected chi connectivity index (χ2v) is 10.5. The van der Waals surface area contributed by atoms with Gasteiger partial charge in [0.25, 0.3) is 0 Å². The van der Waals surface area contributed by atoms with Gasteiger partial charge < -0.3 is 20.3 Å². The molecule has 0 spiro atoms. The number of carboxylic acid groups (broad SMARTS) is 1. The number of aromatic nitrogens is 1. The maximum atomic E-state index is 13.1. The van der Waals surface area contributed by atoms with Gasteiger partial charge in [-0.2, -0.15) is 0 Å². The number of carboxylic acids is 1. The van der Waals surface area contributed by atoms with Gasteiger partial charge in [0, 0.05) is 25.1 Å². The predicted molar refractivity (Wildman–Crippen MR) is 129 cm³/mol. The zero-order chi connectivity index (χ0) is 26.2. The summed E-state index contributed by atoms with van der Waals surface area (Å²) in [6, 6.07) is 4.13. The summed E-state index contributed by atoms with van der Waals surface area (Å²) < 4.78 is 15.5. The van der Waals surface area contributed by atoms with Crippen molar-refractivity contribution in [3.8, 4) is 5.75 Å². The number of nitrogens with zero attached hydrogens (tertiary/aromatic N) is 1. The van der Waals surface area contributed by atoms with Crippen molar-refractivity contribution in [2.45, 2.75) is 58.5 Å². The van der Waals surface area contributed by atoms with Gasteiger partial charge in [0.1, 0.15) is 16.8 Å². The fourth-order valence-corrected chi connectivity index (χ4v) is 4.62. The number of carbonyl (C=O) groups excluding carboxylic acids is 2. The molecule has 35 heavy (non-hydrogen) atoms. The van der Waals surface area contributed by atoms with Crippen LogP contribution in [0.15, 0.2) is 29.6 Å². The Bertz CT molecular complexity index is 1070. The standard InChI is InChI=1S/C22H30N3O8PS/c1-13(2)10-16-12-35-22(24-16)18(8-9-20(27)28)25-21(29)19(23-14(3)26)11-15-4-6-17(7-5-15)33-34(30,31)32/h4-7,12-13,18-19H,8-11H2,1-3H3,(H,23,26)(H,25,29)(H,27,28)(H2,30,31,32)/t18-,19-/m0/s1. The highest BCUT2D eigenvalue weighted by molar-refractivity contribution is 7.46. The van der Waals surface area contributed by atoms with Gasteiger partial charge in [0.2, 0.25) is 11.8 Å². The summed E-state index contributed by atoms with van der Waals surface area (Å²) in [5.74, 6) is -1.59. The molecule has 0 bridgehead atoms. The number of phosphoric ester groups is 1. The van der Waals surface area contributed by atoms with Crippen molar-refractivity contribution in [2.75, 3.05) is 0 Å². The summed E-state index contributed by atoms with van der Waals surface area (Å²) in [7, 11) is -4.70. The summed E-state index contributed by atoms with van der Waals surface area (Å²) in [6.07, 6.45) is 0.808. The number of nitrogens with one attached hydrogen (secondary N) is 2. The molecular weight excluding hydrogens is 497 g/mol. The van der Waals surface area contributed by atoms with E-state index in [9.17, 15) is 18.9 Å². The van der Waals surface area contributed by atoms with Crippen molar-refractivity contribution in [3.63, 3.8) is 0 Å². The average Bonchev–Trinajstić information content (AvgIpc) is 3.17. The van der Waals surface area contributed by atoms with Crippen molar-refractivity contribution in [2.24, 2.45) is 5.92 Å². The molecule has 0 aliphatic carbocycles. The van der Waals surface area contributed by atoms with E-state index in [4.69, 9.17) is 14.9 Å². The molecule has 5 N–H and O–H groups in total. The number of benzene rings is 1. The summed E-state index contributed by atoms with van der Waals surface area (Å²) >= 11 is 1.35. The molecule has 2 atom stereocenters. The molecule has 0 aliphatic rings. The first-order chi connectivity index (χ1) is 16.3. The van der Waals surface area contributed by atoms with Crippen LogP contribution in [0.3, 0.4) is 0 Å². The van der Waals surface area contributed by atoms with Crippen LogP contribution in [0.2, 0.25) is 0 Å². The van der Waals surface area contributed by atoms with Gasteiger partial charge in [-0.05, 0) is 36.5 Å². The molecule has 0 saturated carbocycles. The smallest absolute Gasteiger partial charge is 0.481 e. The van der Waals surface area contributed by atoms with Crippen LogP contribution in [0.25, 0.3) is 0 Å². The number of hydrogen-bond acceptors (Lipinski definition) is 7. The Morgan fingerprint density at radius 1 is 1.11 bits per heavy atom. The lowest BCUT2D eigenvalue weighted by Gasteiger charge is -2.22. The van der Waals surface area contributed by atoms with Crippen molar-refractivity contribution < 1.29 is 38.4 Å². The van der Waals surface area contributed by atoms with E-state index in [-0.39, 0.29) is 25.0 Å². The van der Waals surface area contributed by atoms with Gasteiger partial charge in [-0.3, -0.25) is 24.2 Å². The molecule has 1 aromatic heterocycles. The van der Waals surface area contributed by atoms with Crippen LogP contribution in [0.4, 0.5) is 0 Å². The Labute approximate surface area is 207 Å². The minimum atomic E-state index is -4.70. The van der Waals surface area contributed by atoms with Crippen LogP contribution in [0.5, 0.6) is 5.75 Å². The molecule has 2 aromatic rings. The third-order valence-corrected chi connectivity index (χ3v) is 6.19. The highest BCUT2D eigenvalue weighted by Crippen LogP contribution is 2.37. The van der Waals surface area contributed by atoms with Gasteiger partial charge in [-0.25, -0.2) is 9.55 Å². The molecule has 2 amide bonds. The van der Waals surface area contributed by atoms with Crippen molar-refractivity contribution >= 4 is 36.9 Å². The minimum Gasteiger partial charge on any atom is -0.481 e. The fraction of sp³-hybridized carbons (Fsp3) is 0.455. The Morgan fingerprint density at radius 2 is 1.77 bits per heavy atom. The first-order valence-electron chi connectivity index (χ1n) is 10.9. The SMILES string of the molecule is CC(=O)N[C@@H](Cc1ccc(OP(=O)(O)O)cc1)C(=O)N[C@@H](CCC(=O)O)c1nc(CC(C)C)cs1. The Kier molecular flexibility index (Phi) is 10.4. The molecule has 1 aromatic carbocycles. The molecule has 1 heterocycles. The van der Waals surface area contributed by atoms with E-state index in [2.05, 4.69) is 34.0 Å². The summed E-state index contributed by atoms with van der Waals surface area (Å²) in [4.78, 5) is 58.4. The van der Waals surface area contributed by atoms with E-state index in [0.29, 0.717) is 16.5 Å². The van der Waals surface area contributed by atoms with Crippen LogP contribution < -0.4 is 15.2 Å². The van der Waals surface area contributed by atoms with E-state index >= 15 is 0 Å². The van der Waals surface area contributed by atoms with Crippen molar-refractivity contribution in [1.82, 2.24) is 15.6 Å². The predicted octanol–water partition coefficient (Wildman–Crippen LogP) is 2.58. The first kappa shape index (κ1) is 28.4. The minimum absolute atomic E-state index is 0.0441. The second-order valence-electron chi connectivity index (χ2n) is 8.45. The van der Waals surface area contributed by atoms with Crippen LogP contribution in [0.1, 0.15) is 55.9 Å². The summed E-state index contributed by atoms with van der Waals surface area (Å²) in [6.45, 7) is 5.40. The number of thiazole rings is 1. The Morgan fingerprint density at radius 3 is 2.31 bits per heavy atom. The van der Waals surface area contributed by atoms with E-state index in [1.807, 2.05) is 5.38 Å². The van der Waals surface area contributed by atoms with E-state index < -0.39 is 37.7 Å². The number of phosphoric acid groups is 1. The van der Waals surface area contributed by atoms with E-state index in [1.165, 1.54) is 42.5 Å². The maximum absolute atomic E-state index is 13.1. The lowest BCUT2D eigenvalue weighted by Crippen LogP contribution is -2.48. The molecule has 0 radical (unpaired) electrons. The van der Waals surface area contributed by atoms with Crippen LogP contribution in [0, 0.1) is 5.92 Å². The van der Waals surface area contributed by atoms with Crippen LogP contribution in [-0.4, -0.2) is 43.7 Å². The van der Waals surface area contributed by atoms with Crippen LogP contribution in [-0.2, 0) is 31.8 Å². The lowest BCUT2D eigenvalue weighted by molar-refractivity contribution is -0.137. The largest absolute Gasteiger partial charge is 0.524 e. The highest BCUT2D eigenvalue weighted by atomic mass is 32.1. The molecule has 0 saturated heterocycles. The lowest BCUT2D eigenvalue weighted by atomic mass is 10.0. The summed E-state index contributed by atoms with van der Waals surface area (Å²) in [5.41, 5.74) is 1.47. The summed E-state index contributed by atoms with van der Waals surface area (Å²) in [5, 5.41) is 17.0. The molecule has 2 rings (SSSR count). The molecule has 0 aliphatic heterocycles. The quantitative estimate of drug-likeness (QED) is 0.245. The van der Waals surface area contributed by atoms with Gasteiger partial charge in [0.05, 0.1) is 11.7 Å². The molecule has 0 fully saturated rings. The molecule has 0 unspecified atom stereocenters.